The molecule has 5 heteroatoms. The number of ether oxygens (including phenoxy) is 2. The average Bonchev–Trinajstić information content (AvgIpc) is 3.01. The van der Waals surface area contributed by atoms with Crippen LogP contribution >= 0.6 is 0 Å². The molecule has 2 N–H and O–H groups in total. The van der Waals surface area contributed by atoms with Crippen LogP contribution in [0.1, 0.15) is 36.5 Å². The van der Waals surface area contributed by atoms with E-state index in [1.54, 1.807) is 18.2 Å². The molecule has 2 aliphatic heterocycles. The summed E-state index contributed by atoms with van der Waals surface area (Å²) in [4.78, 5) is 14.7. The lowest BCUT2D eigenvalue weighted by Crippen LogP contribution is -2.49. The summed E-state index contributed by atoms with van der Waals surface area (Å²) >= 11 is 0. The van der Waals surface area contributed by atoms with Crippen LogP contribution in [0.15, 0.2) is 18.2 Å². The molecule has 1 fully saturated rings. The first-order valence-corrected chi connectivity index (χ1v) is 7.63. The quantitative estimate of drug-likeness (QED) is 0.925. The molecular weight excluding hydrogens is 268 g/mol. The van der Waals surface area contributed by atoms with E-state index >= 15 is 0 Å². The molecule has 2 unspecified atom stereocenters. The second kappa shape index (κ2) is 5.93. The Morgan fingerprint density at radius 2 is 2.19 bits per heavy atom. The van der Waals surface area contributed by atoms with Crippen molar-refractivity contribution in [2.75, 3.05) is 19.9 Å². The van der Waals surface area contributed by atoms with Crippen LogP contribution < -0.4 is 15.2 Å². The number of hydrogen-bond acceptors (Lipinski definition) is 4. The van der Waals surface area contributed by atoms with Gasteiger partial charge in [-0.25, -0.2) is 0 Å². The molecule has 0 aromatic heterocycles. The first kappa shape index (κ1) is 14.2. The maximum absolute atomic E-state index is 12.7. The monoisotopic (exact) mass is 290 g/mol. The molecule has 0 radical (unpaired) electrons. The Bertz CT molecular complexity index is 532. The molecule has 1 aromatic rings. The van der Waals surface area contributed by atoms with Crippen LogP contribution in [0.5, 0.6) is 11.5 Å². The fourth-order valence-corrected chi connectivity index (χ4v) is 3.19. The molecule has 0 bridgehead atoms. The molecule has 2 atom stereocenters. The third-order valence-corrected chi connectivity index (χ3v) is 4.55. The van der Waals surface area contributed by atoms with Gasteiger partial charge >= 0.3 is 0 Å². The first-order valence-electron chi connectivity index (χ1n) is 7.63. The highest BCUT2D eigenvalue weighted by Crippen LogP contribution is 2.33. The van der Waals surface area contributed by atoms with Gasteiger partial charge in [0.2, 0.25) is 6.79 Å². The van der Waals surface area contributed by atoms with E-state index in [1.807, 2.05) is 4.90 Å². The number of nitrogens with zero attached hydrogens (tertiary/aromatic N) is 1. The summed E-state index contributed by atoms with van der Waals surface area (Å²) in [6.07, 6.45) is 3.22. The van der Waals surface area contributed by atoms with E-state index in [9.17, 15) is 4.79 Å². The molecule has 1 saturated heterocycles. The Labute approximate surface area is 125 Å². The van der Waals surface area contributed by atoms with Crippen LogP contribution in [0.4, 0.5) is 0 Å². The first-order chi connectivity index (χ1) is 10.2. The number of rotatable bonds is 3. The fourth-order valence-electron chi connectivity index (χ4n) is 3.19. The maximum atomic E-state index is 12.7. The lowest BCUT2D eigenvalue weighted by atomic mass is 9.88. The molecule has 3 rings (SSSR count). The molecule has 0 saturated carbocycles. The summed E-state index contributed by atoms with van der Waals surface area (Å²) in [5.74, 6) is 2.07. The van der Waals surface area contributed by atoms with Gasteiger partial charge in [-0.3, -0.25) is 4.79 Å². The summed E-state index contributed by atoms with van der Waals surface area (Å²) in [5, 5.41) is 0. The van der Waals surface area contributed by atoms with Crippen molar-refractivity contribution < 1.29 is 14.3 Å². The van der Waals surface area contributed by atoms with Crippen LogP contribution in [0.2, 0.25) is 0 Å². The van der Waals surface area contributed by atoms with Crippen molar-refractivity contribution in [2.45, 2.75) is 32.2 Å². The summed E-state index contributed by atoms with van der Waals surface area (Å²) in [6, 6.07) is 5.51. The van der Waals surface area contributed by atoms with Crippen LogP contribution in [0.3, 0.4) is 0 Å². The summed E-state index contributed by atoms with van der Waals surface area (Å²) < 4.78 is 10.6. The number of carbonyl (C=O) groups is 1. The maximum Gasteiger partial charge on any atom is 0.254 e. The van der Waals surface area contributed by atoms with Gasteiger partial charge in [0.1, 0.15) is 0 Å². The third kappa shape index (κ3) is 2.70. The zero-order valence-corrected chi connectivity index (χ0v) is 12.4. The molecule has 1 aromatic carbocycles. The van der Waals surface area contributed by atoms with Gasteiger partial charge in [-0.1, -0.05) is 13.3 Å². The Balaban J connectivity index is 1.78. The molecule has 114 valence electrons. The third-order valence-electron chi connectivity index (χ3n) is 4.55. The summed E-state index contributed by atoms with van der Waals surface area (Å²) in [7, 11) is 0. The predicted octanol–water partition coefficient (Wildman–Crippen LogP) is 2.00. The minimum Gasteiger partial charge on any atom is -0.454 e. The number of carbonyl (C=O) groups excluding carboxylic acids is 1. The van der Waals surface area contributed by atoms with Crippen molar-refractivity contribution in [3.05, 3.63) is 23.8 Å². The van der Waals surface area contributed by atoms with Crippen LogP contribution in [-0.4, -0.2) is 36.7 Å². The minimum atomic E-state index is 0.0401. The van der Waals surface area contributed by atoms with Gasteiger partial charge in [0.25, 0.3) is 5.91 Å². The van der Waals surface area contributed by atoms with Gasteiger partial charge in [-0.15, -0.1) is 0 Å². The van der Waals surface area contributed by atoms with E-state index in [2.05, 4.69) is 6.92 Å². The number of piperidine rings is 1. The van der Waals surface area contributed by atoms with E-state index in [0.29, 0.717) is 29.5 Å². The van der Waals surface area contributed by atoms with Crippen molar-refractivity contribution in [1.29, 1.82) is 0 Å². The molecule has 2 heterocycles. The number of nitrogens with two attached hydrogens (primary N) is 1. The Morgan fingerprint density at radius 3 is 2.95 bits per heavy atom. The van der Waals surface area contributed by atoms with Gasteiger partial charge in [0.05, 0.1) is 0 Å². The Hall–Kier alpha value is -1.75. The highest BCUT2D eigenvalue weighted by atomic mass is 16.7. The highest BCUT2D eigenvalue weighted by molar-refractivity contribution is 5.95. The average molecular weight is 290 g/mol. The van der Waals surface area contributed by atoms with E-state index in [0.717, 1.165) is 25.8 Å². The van der Waals surface area contributed by atoms with E-state index in [1.165, 1.54) is 0 Å². The fraction of sp³-hybridized carbons (Fsp3) is 0.562. The van der Waals surface area contributed by atoms with Gasteiger partial charge in [0, 0.05) is 24.7 Å². The van der Waals surface area contributed by atoms with Crippen molar-refractivity contribution in [1.82, 2.24) is 4.90 Å². The Morgan fingerprint density at radius 1 is 1.38 bits per heavy atom. The van der Waals surface area contributed by atoms with Gasteiger partial charge in [-0.2, -0.15) is 0 Å². The van der Waals surface area contributed by atoms with Crippen molar-refractivity contribution in [3.8, 4) is 11.5 Å². The molecular formula is C16H22N2O3. The van der Waals surface area contributed by atoms with E-state index in [-0.39, 0.29) is 18.7 Å². The molecule has 5 nitrogen and oxygen atoms in total. The van der Waals surface area contributed by atoms with Crippen LogP contribution in [-0.2, 0) is 0 Å². The van der Waals surface area contributed by atoms with Gasteiger partial charge in [-0.05, 0) is 37.0 Å². The molecule has 2 aliphatic rings. The molecule has 0 aliphatic carbocycles. The SMILES string of the molecule is CCC1CCN(C(=O)c2ccc3c(c2)OCO3)C(CN)C1. The summed E-state index contributed by atoms with van der Waals surface area (Å²) in [6.45, 7) is 3.73. The normalized spacial score (nSPS) is 24.2. The zero-order chi connectivity index (χ0) is 14.8. The van der Waals surface area contributed by atoms with Crippen LogP contribution in [0, 0.1) is 5.92 Å². The Kier molecular flexibility index (Phi) is 4.01. The second-order valence-corrected chi connectivity index (χ2v) is 5.75. The molecule has 1 amide bonds. The molecule has 21 heavy (non-hydrogen) atoms. The lowest BCUT2D eigenvalue weighted by Gasteiger charge is -2.39. The topological polar surface area (TPSA) is 64.8 Å². The zero-order valence-electron chi connectivity index (χ0n) is 12.4. The van der Waals surface area contributed by atoms with E-state index < -0.39 is 0 Å². The number of hydrogen-bond donors (Lipinski definition) is 1. The smallest absolute Gasteiger partial charge is 0.254 e. The van der Waals surface area contributed by atoms with Gasteiger partial charge in [0.15, 0.2) is 11.5 Å². The highest BCUT2D eigenvalue weighted by Gasteiger charge is 2.31. The van der Waals surface area contributed by atoms with Crippen molar-refractivity contribution >= 4 is 5.91 Å². The van der Waals surface area contributed by atoms with E-state index in [4.69, 9.17) is 15.2 Å². The minimum absolute atomic E-state index is 0.0401. The number of benzene rings is 1. The number of amides is 1. The second-order valence-electron chi connectivity index (χ2n) is 5.75. The number of likely N-dealkylation sites (tertiary alicyclic amines) is 1. The van der Waals surface area contributed by atoms with Crippen LogP contribution in [0.25, 0.3) is 0 Å². The lowest BCUT2D eigenvalue weighted by molar-refractivity contribution is 0.0558. The standard InChI is InChI=1S/C16H22N2O3/c1-2-11-5-6-18(13(7-11)9-17)16(19)12-3-4-14-15(8-12)21-10-20-14/h3-4,8,11,13H,2,5-7,9-10,17H2,1H3. The largest absolute Gasteiger partial charge is 0.454 e. The summed E-state index contributed by atoms with van der Waals surface area (Å²) in [5.41, 5.74) is 6.52. The predicted molar refractivity (Wildman–Crippen MR) is 79.5 cm³/mol. The number of fused-ring (bicyclic) bond motifs is 1. The van der Waals surface area contributed by atoms with Crippen molar-refractivity contribution in [2.24, 2.45) is 11.7 Å². The molecule has 0 spiro atoms. The van der Waals surface area contributed by atoms with Crippen molar-refractivity contribution in [3.63, 3.8) is 0 Å². The van der Waals surface area contributed by atoms with Gasteiger partial charge < -0.3 is 20.1 Å².